The van der Waals surface area contributed by atoms with E-state index in [1.54, 1.807) is 0 Å². The third-order valence-corrected chi connectivity index (χ3v) is 9.03. The lowest BCUT2D eigenvalue weighted by Crippen LogP contribution is -2.43. The summed E-state index contributed by atoms with van der Waals surface area (Å²) in [4.78, 5) is 11.6. The van der Waals surface area contributed by atoms with Gasteiger partial charge in [0, 0.05) is 12.0 Å². The average Bonchev–Trinajstić information content (AvgIpc) is 3.27. The van der Waals surface area contributed by atoms with Gasteiger partial charge in [-0.15, -0.1) is 0 Å². The van der Waals surface area contributed by atoms with Gasteiger partial charge in [-0.1, -0.05) is 122 Å². The van der Waals surface area contributed by atoms with Crippen LogP contribution in [0.3, 0.4) is 0 Å². The van der Waals surface area contributed by atoms with Crippen molar-refractivity contribution in [1.29, 1.82) is 0 Å². The van der Waals surface area contributed by atoms with E-state index in [9.17, 15) is 20.1 Å². The molecule has 0 bridgehead atoms. The van der Waals surface area contributed by atoms with Crippen LogP contribution in [-0.2, 0) is 14.3 Å². The second-order valence-electron chi connectivity index (χ2n) is 13.0. The van der Waals surface area contributed by atoms with Crippen molar-refractivity contribution in [2.75, 3.05) is 0 Å². The van der Waals surface area contributed by atoms with Crippen LogP contribution in [0.25, 0.3) is 0 Å². The normalized spacial score (nSPS) is 24.3. The quantitative estimate of drug-likeness (QED) is 0.0746. The molecule has 0 spiro atoms. The minimum atomic E-state index is -0.461. The molecule has 0 saturated carbocycles. The molecule has 240 valence electrons. The van der Waals surface area contributed by atoms with E-state index < -0.39 is 12.2 Å². The molecule has 6 atom stereocenters. The number of cyclic esters (lactones) is 1. The Balaban J connectivity index is 1.41. The van der Waals surface area contributed by atoms with Crippen molar-refractivity contribution >= 4 is 5.97 Å². The van der Waals surface area contributed by atoms with Crippen LogP contribution in [0, 0.1) is 0 Å². The molecule has 6 heteroatoms. The molecule has 0 unspecified atom stereocenters. The van der Waals surface area contributed by atoms with Crippen LogP contribution >= 0.6 is 0 Å². The summed E-state index contributed by atoms with van der Waals surface area (Å²) in [6.45, 7) is 4.10. The second-order valence-corrected chi connectivity index (χ2v) is 13.0. The third kappa shape index (κ3) is 16.5. The van der Waals surface area contributed by atoms with Gasteiger partial charge in [0.25, 0.3) is 0 Å². The van der Waals surface area contributed by atoms with Crippen LogP contribution in [0.5, 0.6) is 0 Å². The molecule has 0 radical (unpaired) electrons. The molecule has 2 aliphatic heterocycles. The molecule has 2 aliphatic rings. The number of carbonyl (C=O) groups is 1. The highest BCUT2D eigenvalue weighted by Gasteiger charge is 2.33. The van der Waals surface area contributed by atoms with Gasteiger partial charge in [0.2, 0.25) is 0 Å². The number of ether oxygens (including phenoxy) is 2. The summed E-state index contributed by atoms with van der Waals surface area (Å²) in [7, 11) is 0. The van der Waals surface area contributed by atoms with Gasteiger partial charge in [-0.2, -0.15) is 0 Å². The summed E-state index contributed by atoms with van der Waals surface area (Å²) in [6.07, 6.45) is 26.6. The molecule has 41 heavy (non-hydrogen) atoms. The number of hydrogen-bond acceptors (Lipinski definition) is 6. The smallest absolute Gasteiger partial charge is 0.334 e. The lowest BCUT2D eigenvalue weighted by molar-refractivity contribution is -0.155. The molecule has 0 aromatic heterocycles. The number of carbonyl (C=O) groups excluding carboxylic acids is 1. The van der Waals surface area contributed by atoms with Gasteiger partial charge in [0.1, 0.15) is 6.10 Å². The van der Waals surface area contributed by atoms with Crippen LogP contribution in [0.2, 0.25) is 0 Å². The molecule has 0 aliphatic carbocycles. The predicted octanol–water partition coefficient (Wildman–Crippen LogP) is 8.09. The zero-order valence-electron chi connectivity index (χ0n) is 26.6. The number of hydrogen-bond donors (Lipinski definition) is 3. The van der Waals surface area contributed by atoms with E-state index in [0.717, 1.165) is 64.2 Å². The number of rotatable bonds is 25. The number of unbranched alkanes of at least 4 members (excludes halogenated alkanes) is 16. The molecule has 0 aromatic carbocycles. The maximum atomic E-state index is 11.6. The Kier molecular flexibility index (Phi) is 20.0. The fourth-order valence-electron chi connectivity index (χ4n) is 6.40. The lowest BCUT2D eigenvalue weighted by atomic mass is 9.93. The van der Waals surface area contributed by atoms with Gasteiger partial charge in [0.15, 0.2) is 0 Å². The molecule has 1 fully saturated rings. The fourth-order valence-corrected chi connectivity index (χ4v) is 6.40. The second kappa shape index (κ2) is 22.6. The molecule has 2 heterocycles. The monoisotopic (exact) mass is 580 g/mol. The predicted molar refractivity (Wildman–Crippen MR) is 167 cm³/mol. The van der Waals surface area contributed by atoms with Gasteiger partial charge < -0.3 is 24.8 Å². The lowest BCUT2D eigenvalue weighted by Gasteiger charge is -2.36. The van der Waals surface area contributed by atoms with E-state index in [4.69, 9.17) is 9.47 Å². The first-order valence-electron chi connectivity index (χ1n) is 17.5. The molecular formula is C35H64O6. The zero-order chi connectivity index (χ0) is 29.7. The zero-order valence-corrected chi connectivity index (χ0v) is 26.6. The van der Waals surface area contributed by atoms with Gasteiger partial charge in [-0.05, 0) is 45.1 Å². The molecular weight excluding hydrogens is 516 g/mol. The summed E-state index contributed by atoms with van der Waals surface area (Å²) < 4.78 is 11.3. The molecule has 3 N–H and O–H groups in total. The molecule has 2 rings (SSSR count). The van der Waals surface area contributed by atoms with Gasteiger partial charge in [-0.3, -0.25) is 0 Å². The van der Waals surface area contributed by atoms with Crippen molar-refractivity contribution in [3.63, 3.8) is 0 Å². The van der Waals surface area contributed by atoms with Crippen LogP contribution in [-0.4, -0.2) is 57.9 Å². The van der Waals surface area contributed by atoms with Gasteiger partial charge in [-0.25, -0.2) is 4.79 Å². The van der Waals surface area contributed by atoms with E-state index >= 15 is 0 Å². The Morgan fingerprint density at radius 2 is 1.32 bits per heavy atom. The highest BCUT2D eigenvalue weighted by molar-refractivity contribution is 5.90. The minimum absolute atomic E-state index is 0.112. The maximum absolute atomic E-state index is 11.6. The minimum Gasteiger partial charge on any atom is -0.455 e. The summed E-state index contributed by atoms with van der Waals surface area (Å²) in [5.41, 5.74) is 0.618. The standard InChI is InChI=1S/C35H64O6/c1-3-4-5-6-7-8-9-14-17-20-23-33-32(38)24-25-34(41-33)31(37)22-19-16-13-11-10-12-15-18-21-30(36)27-29-26-28(2)40-35(29)39/h26,28,30-34,36-38H,3-25,27H2,1-2H3/t28-,30+,31+,32+,33+,34+/m0/s1. The molecule has 0 amide bonds. The topological polar surface area (TPSA) is 96.2 Å². The summed E-state index contributed by atoms with van der Waals surface area (Å²) in [5.74, 6) is -0.280. The molecule has 1 saturated heterocycles. The van der Waals surface area contributed by atoms with E-state index in [0.29, 0.717) is 12.0 Å². The van der Waals surface area contributed by atoms with E-state index in [1.807, 2.05) is 13.0 Å². The number of aliphatic hydroxyl groups is 3. The Hall–Kier alpha value is -0.950. The summed E-state index contributed by atoms with van der Waals surface area (Å²) in [5, 5.41) is 31.3. The highest BCUT2D eigenvalue weighted by atomic mass is 16.5. The van der Waals surface area contributed by atoms with Crippen LogP contribution < -0.4 is 0 Å². The van der Waals surface area contributed by atoms with E-state index in [1.165, 1.54) is 83.5 Å². The first-order chi connectivity index (χ1) is 19.9. The first kappa shape index (κ1) is 36.2. The highest BCUT2D eigenvalue weighted by Crippen LogP contribution is 2.27. The van der Waals surface area contributed by atoms with Crippen molar-refractivity contribution < 1.29 is 29.6 Å². The third-order valence-electron chi connectivity index (χ3n) is 9.03. The van der Waals surface area contributed by atoms with Crippen molar-refractivity contribution in [3.05, 3.63) is 11.6 Å². The average molecular weight is 581 g/mol. The Bertz CT molecular complexity index is 694. The van der Waals surface area contributed by atoms with Gasteiger partial charge in [0.05, 0.1) is 30.5 Å². The number of esters is 1. The van der Waals surface area contributed by atoms with Crippen molar-refractivity contribution in [2.45, 2.75) is 205 Å². The fraction of sp³-hybridized carbons (Fsp3) is 0.914. The van der Waals surface area contributed by atoms with Crippen LogP contribution in [0.4, 0.5) is 0 Å². The first-order valence-corrected chi connectivity index (χ1v) is 17.5. The Morgan fingerprint density at radius 3 is 1.88 bits per heavy atom. The van der Waals surface area contributed by atoms with Crippen molar-refractivity contribution in [3.8, 4) is 0 Å². The van der Waals surface area contributed by atoms with E-state index in [-0.39, 0.29) is 30.4 Å². The molecule has 0 aromatic rings. The Morgan fingerprint density at radius 1 is 0.780 bits per heavy atom. The largest absolute Gasteiger partial charge is 0.455 e. The van der Waals surface area contributed by atoms with Crippen molar-refractivity contribution in [1.82, 2.24) is 0 Å². The summed E-state index contributed by atoms with van der Waals surface area (Å²) in [6, 6.07) is 0. The molecule has 6 nitrogen and oxygen atoms in total. The van der Waals surface area contributed by atoms with Crippen LogP contribution in [0.1, 0.15) is 168 Å². The number of aliphatic hydroxyl groups excluding tert-OH is 3. The SMILES string of the molecule is CCCCCCCCCCCC[C@H]1O[C@@H]([C@H](O)CCCCCCCCCC[C@@H](O)CC2=C[C@H](C)OC2=O)CC[C@H]1O. The van der Waals surface area contributed by atoms with E-state index in [2.05, 4.69) is 6.92 Å². The maximum Gasteiger partial charge on any atom is 0.334 e. The van der Waals surface area contributed by atoms with Crippen LogP contribution in [0.15, 0.2) is 11.6 Å². The van der Waals surface area contributed by atoms with Crippen molar-refractivity contribution in [2.24, 2.45) is 0 Å². The Labute approximate surface area is 251 Å². The summed E-state index contributed by atoms with van der Waals surface area (Å²) >= 11 is 0. The van der Waals surface area contributed by atoms with Gasteiger partial charge >= 0.3 is 5.97 Å².